The largest absolute Gasteiger partial charge is 0.401 e. The number of H-pyrrole nitrogens is 1. The van der Waals surface area contributed by atoms with Crippen LogP contribution in [0.5, 0.6) is 0 Å². The van der Waals surface area contributed by atoms with E-state index in [1.807, 2.05) is 6.92 Å². The lowest BCUT2D eigenvalue weighted by Gasteiger charge is -2.43. The first-order valence-corrected chi connectivity index (χ1v) is 53.1. The number of amides is 1. The molecule has 20 N–H and O–H groups in total. The van der Waals surface area contributed by atoms with Crippen molar-refractivity contribution >= 4 is 34.8 Å². The lowest BCUT2D eigenvalue weighted by Crippen LogP contribution is -2.45. The molecule has 0 radical (unpaired) electrons. The Labute approximate surface area is 855 Å². The molecule has 1 aromatic rings. The number of carbonyl (C=O) groups is 6. The molecule has 0 spiro atoms. The molecule has 3 fully saturated rings. The molecule has 3 aliphatic rings. The molecule has 37 nitrogen and oxygen atoms in total. The summed E-state index contributed by atoms with van der Waals surface area (Å²) in [6, 6.07) is 0. The maximum atomic E-state index is 13.0. The van der Waals surface area contributed by atoms with Gasteiger partial charge in [-0.1, -0.05) is 130 Å². The number of hydrogen-bond donors (Lipinski definition) is 11. The lowest BCUT2D eigenvalue weighted by molar-refractivity contribution is -0.251. The first-order valence-electron chi connectivity index (χ1n) is 53.1. The highest BCUT2D eigenvalue weighted by Gasteiger charge is 2.42. The number of nitrogens with two attached hydrogens (primary N) is 3. The first-order chi connectivity index (χ1) is 67.2. The van der Waals surface area contributed by atoms with Crippen LogP contribution in [0.15, 0.2) is 48.1 Å². The minimum absolute atomic E-state index is 0. The summed E-state index contributed by atoms with van der Waals surface area (Å²) in [4.78, 5) is 77.1. The van der Waals surface area contributed by atoms with Gasteiger partial charge in [0.2, 0.25) is 5.91 Å². The molecule has 15 atom stereocenters. The van der Waals surface area contributed by atoms with Crippen molar-refractivity contribution in [2.24, 2.45) is 81.8 Å². The number of carbonyl (C=O) groups excluding carboxylic acids is 6. The number of unbranched alkanes of at least 4 members (excludes halogenated alkanes) is 5. The van der Waals surface area contributed by atoms with E-state index in [1.54, 1.807) is 31.0 Å². The van der Waals surface area contributed by atoms with Crippen LogP contribution in [0.2, 0.25) is 0 Å². The summed E-state index contributed by atoms with van der Waals surface area (Å²) >= 11 is 0. The monoisotopic (exact) mass is 2030 g/mol. The minimum atomic E-state index is -0.623. The smallest absolute Gasteiger partial charge is 0.222 e. The van der Waals surface area contributed by atoms with Crippen molar-refractivity contribution in [1.82, 2.24) is 55.1 Å². The highest BCUT2D eigenvalue weighted by molar-refractivity contribution is 5.80. The number of ketones is 5. The van der Waals surface area contributed by atoms with Crippen LogP contribution >= 0.6 is 0 Å². The molecule has 1 amide bonds. The van der Waals surface area contributed by atoms with E-state index in [4.69, 9.17) is 102 Å². The van der Waals surface area contributed by atoms with E-state index in [9.17, 15) is 28.8 Å². The zero-order valence-corrected chi connectivity index (χ0v) is 91.2. The van der Waals surface area contributed by atoms with Crippen LogP contribution in [-0.4, -0.2) is 292 Å². The Morgan fingerprint density at radius 2 is 0.585 bits per heavy atom. The number of Topliss-reactive ketones (excluding diaryl/α,β-unsaturated/α-hetero) is 5. The SMILES string of the molecule is CCC(C)C.CCC1O[C@H](OCCOCCOCCOCCN/C=C(\N)CCC(=O)CCCCCC(=O)CCOCC(CC)(COCCC(=O)CCCCCC(=O)CC/C(N)=C/NCCOCCOCCOCCO[C@H]2OC(CC)[C@@H](C)C(C)[C@H]2C)COCCC(=O)NCCCCC(=O)CC/C(N)=C/NCCOCCOCCOCCO[C@H]2OC(CC)[C@@H](C)C(C)[C@H]2C)[C@H](C)C(C)[C@@H]1C.N.N.N.c1cn[nH]n1. The molecule has 0 aliphatic carbocycles. The molecule has 1 aromatic heterocycles. The predicted molar refractivity (Wildman–Crippen MR) is 557 cm³/mol. The summed E-state index contributed by atoms with van der Waals surface area (Å²) < 4.78 is 106. The predicted octanol–water partition coefficient (Wildman–Crippen LogP) is 14.8. The van der Waals surface area contributed by atoms with Crippen molar-refractivity contribution in [3.05, 3.63) is 48.1 Å². The van der Waals surface area contributed by atoms with Crippen molar-refractivity contribution in [2.75, 3.05) is 205 Å². The third kappa shape index (κ3) is 70.1. The summed E-state index contributed by atoms with van der Waals surface area (Å²) in [7, 11) is 0. The van der Waals surface area contributed by atoms with Gasteiger partial charge in [0.25, 0.3) is 0 Å². The average molecular weight is 2030 g/mol. The van der Waals surface area contributed by atoms with E-state index in [0.29, 0.717) is 351 Å². The zero-order valence-electron chi connectivity index (χ0n) is 91.2. The molecule has 6 unspecified atom stereocenters. The van der Waals surface area contributed by atoms with Gasteiger partial charge < -0.3 is 142 Å². The maximum absolute atomic E-state index is 13.0. The summed E-state index contributed by atoms with van der Waals surface area (Å²) in [6.45, 7) is 48.5. The quantitative estimate of drug-likeness (QED) is 0.0270. The molecule has 37 heteroatoms. The Bertz CT molecular complexity index is 2950. The van der Waals surface area contributed by atoms with E-state index < -0.39 is 5.41 Å². The van der Waals surface area contributed by atoms with Crippen molar-refractivity contribution in [3.8, 4) is 0 Å². The number of aromatic nitrogens is 3. The fourth-order valence-corrected chi connectivity index (χ4v) is 15.8. The molecule has 4 rings (SSSR count). The Morgan fingerprint density at radius 3 is 0.845 bits per heavy atom. The molecular formula is C105H205N13O24. The van der Waals surface area contributed by atoms with Crippen LogP contribution in [0.1, 0.15) is 284 Å². The number of nitrogens with zero attached hydrogens (tertiary/aromatic N) is 2. The first kappa shape index (κ1) is 138. The normalized spacial score (nSPS) is 21.8. The molecule has 0 saturated carbocycles. The zero-order chi connectivity index (χ0) is 102. The van der Waals surface area contributed by atoms with Crippen LogP contribution in [0, 0.1) is 64.6 Å². The summed E-state index contributed by atoms with van der Waals surface area (Å²) in [6.07, 6.45) is 23.7. The van der Waals surface area contributed by atoms with E-state index in [2.05, 4.69) is 141 Å². The Balaban J connectivity index is 0. The van der Waals surface area contributed by atoms with Gasteiger partial charge in [-0.15, -0.1) is 0 Å². The molecule has 0 aromatic carbocycles. The third-order valence-corrected chi connectivity index (χ3v) is 26.7. The van der Waals surface area contributed by atoms with E-state index in [0.717, 1.165) is 38.0 Å². The van der Waals surface area contributed by atoms with Crippen molar-refractivity contribution in [3.63, 3.8) is 0 Å². The number of nitrogens with one attached hydrogen (secondary N) is 5. The second kappa shape index (κ2) is 91.4. The molecular weight excluding hydrogens is 1830 g/mol. The number of allylic oxidation sites excluding steroid dienone is 3. The molecule has 0 bridgehead atoms. The van der Waals surface area contributed by atoms with Gasteiger partial charge in [-0.05, 0) is 125 Å². The second-order valence-corrected chi connectivity index (χ2v) is 38.1. The fourth-order valence-electron chi connectivity index (χ4n) is 15.8. The highest BCUT2D eigenvalue weighted by Crippen LogP contribution is 2.39. The molecule has 3 saturated heterocycles. The third-order valence-electron chi connectivity index (χ3n) is 26.7. The summed E-state index contributed by atoms with van der Waals surface area (Å²) in [5, 5.41) is 21.7. The Morgan fingerprint density at radius 1 is 0.324 bits per heavy atom. The van der Waals surface area contributed by atoms with Gasteiger partial charge in [0.15, 0.2) is 18.9 Å². The second-order valence-electron chi connectivity index (χ2n) is 38.1. The van der Waals surface area contributed by atoms with Crippen molar-refractivity contribution in [2.45, 2.75) is 321 Å². The van der Waals surface area contributed by atoms with Gasteiger partial charge in [0.05, 0.1) is 209 Å². The van der Waals surface area contributed by atoms with Gasteiger partial charge >= 0.3 is 0 Å². The topological polar surface area (TPSA) is 541 Å². The van der Waals surface area contributed by atoms with Crippen molar-refractivity contribution in [1.29, 1.82) is 0 Å². The minimum Gasteiger partial charge on any atom is -0.401 e. The summed E-state index contributed by atoms with van der Waals surface area (Å²) in [5.41, 5.74) is 19.7. The van der Waals surface area contributed by atoms with Crippen LogP contribution in [0.3, 0.4) is 0 Å². The number of rotatable bonds is 88. The molecule has 3 aliphatic heterocycles. The van der Waals surface area contributed by atoms with Crippen LogP contribution in [0.25, 0.3) is 0 Å². The van der Waals surface area contributed by atoms with Crippen LogP contribution in [0.4, 0.5) is 0 Å². The van der Waals surface area contributed by atoms with E-state index in [-0.39, 0.29) is 149 Å². The molecule has 834 valence electrons. The number of hydrogen-bond acceptors (Lipinski definition) is 35. The Kier molecular flexibility index (Phi) is 88.9. The lowest BCUT2D eigenvalue weighted by atomic mass is 9.78. The van der Waals surface area contributed by atoms with E-state index in [1.165, 1.54) is 6.42 Å². The van der Waals surface area contributed by atoms with Crippen LogP contribution < -0.4 is 56.9 Å². The number of ether oxygens (including phenoxy) is 18. The number of aromatic amines is 1. The van der Waals surface area contributed by atoms with Gasteiger partial charge in [0, 0.05) is 156 Å². The van der Waals surface area contributed by atoms with Crippen molar-refractivity contribution < 1.29 is 114 Å². The van der Waals surface area contributed by atoms with Gasteiger partial charge in [0.1, 0.15) is 28.9 Å². The van der Waals surface area contributed by atoms with Gasteiger partial charge in [-0.2, -0.15) is 15.4 Å². The van der Waals surface area contributed by atoms with Gasteiger partial charge in [-0.25, -0.2) is 0 Å². The average Bonchev–Trinajstić information content (AvgIpc) is 1.23. The fraction of sp³-hybridized carbons (Fsp3) is 0.867. The molecule has 4 heterocycles. The Hall–Kier alpha value is -5.86. The standard InChI is InChI=1S/C98H181N7O24.C5H12.C2H3N3.3H3N/c1-14-91-77(8)74(5)80(11)95(127-91)124-65-62-118-59-56-115-53-50-112-47-41-102-68-83(99)31-34-86(106)26-20-18-22-28-89(109)37-44-121-71-98(17-4,72-122-45-38-90(110)29-23-19-21-27-87(107)35-32-84(100)69-103-42-48-113-51-54-116-57-60-119-63-66-125-96-81(12)75(6)78(9)92(15-2)128-96)73-123-46-39-94(111)105-40-25-24-30-88(108)36-33-85(101)70-104-43-49-114-52-55-117-58-61-120-64-67-126-97-82(13)76(7)79(10)93(16-3)129-97;1-4-5(2)3;1-2-4-5-3-1;;;/h68-70,74-82,91-93,95-97,102-104H,14-67,71-73,99-101H2,1-13H3,(H,105,111);5H,4H2,1-3H3;1-2H,(H,3,4,5);3*1H3/b83-68-,84-69-,85-70-;;;;;/t74?,75?,76?,77-,78-,79-,80+,81+,82+,91?,92?,93?,95-,96-,97-,98?;;;;;/m0...../s1. The van der Waals surface area contributed by atoms with E-state index >= 15 is 0 Å². The van der Waals surface area contributed by atoms with Gasteiger partial charge in [-0.3, -0.25) is 28.8 Å². The molecule has 142 heavy (non-hydrogen) atoms. The van der Waals surface area contributed by atoms with Crippen LogP contribution in [-0.2, 0) is 114 Å². The maximum Gasteiger partial charge on any atom is 0.222 e. The highest BCUT2D eigenvalue weighted by atomic mass is 16.7. The summed E-state index contributed by atoms with van der Waals surface area (Å²) in [5.74, 6) is 5.37.